The van der Waals surface area contributed by atoms with Gasteiger partial charge < -0.3 is 5.32 Å². The number of benzene rings is 1. The fourth-order valence-corrected chi connectivity index (χ4v) is 1.93. The van der Waals surface area contributed by atoms with Crippen LogP contribution in [0, 0.1) is 5.82 Å². The lowest BCUT2D eigenvalue weighted by molar-refractivity contribution is 0.102. The summed E-state index contributed by atoms with van der Waals surface area (Å²) in [6.45, 7) is 0. The molecule has 0 aliphatic carbocycles. The molecule has 0 saturated carbocycles. The van der Waals surface area contributed by atoms with Crippen molar-refractivity contribution in [2.24, 2.45) is 0 Å². The Kier molecular flexibility index (Phi) is 3.93. The Hall–Kier alpha value is -1.46. The minimum Gasteiger partial charge on any atom is -0.318 e. The number of pyridine rings is 1. The molecule has 1 aromatic carbocycles. The first-order valence-electron chi connectivity index (χ1n) is 4.95. The van der Waals surface area contributed by atoms with E-state index in [4.69, 9.17) is 11.6 Å². The van der Waals surface area contributed by atoms with Gasteiger partial charge in [-0.1, -0.05) is 11.6 Å². The van der Waals surface area contributed by atoms with Crippen LogP contribution in [-0.4, -0.2) is 10.9 Å². The molecule has 1 aromatic heterocycles. The van der Waals surface area contributed by atoms with E-state index in [0.29, 0.717) is 9.50 Å². The number of halogens is 3. The zero-order valence-corrected chi connectivity index (χ0v) is 11.3. The maximum atomic E-state index is 13.4. The first kappa shape index (κ1) is 13.0. The molecule has 0 unspecified atom stereocenters. The molecule has 2 rings (SSSR count). The molecule has 2 aromatic rings. The van der Waals surface area contributed by atoms with Gasteiger partial charge in [-0.25, -0.2) is 9.37 Å². The fourth-order valence-electron chi connectivity index (χ4n) is 1.33. The van der Waals surface area contributed by atoms with Crippen LogP contribution in [0.4, 0.5) is 10.1 Å². The minimum absolute atomic E-state index is 0.0186. The first-order valence-corrected chi connectivity index (χ1v) is 6.12. The third-order valence-electron chi connectivity index (χ3n) is 2.15. The third-order valence-corrected chi connectivity index (χ3v) is 3.03. The van der Waals surface area contributed by atoms with E-state index >= 15 is 0 Å². The van der Waals surface area contributed by atoms with Gasteiger partial charge in [-0.3, -0.25) is 4.79 Å². The highest BCUT2D eigenvalue weighted by Gasteiger charge is 2.13. The van der Waals surface area contributed by atoms with Crippen molar-refractivity contribution in [1.29, 1.82) is 0 Å². The number of hydrogen-bond acceptors (Lipinski definition) is 2. The lowest BCUT2D eigenvalue weighted by atomic mass is 10.3. The summed E-state index contributed by atoms with van der Waals surface area (Å²) >= 11 is 8.93. The molecule has 0 radical (unpaired) electrons. The van der Waals surface area contributed by atoms with E-state index in [1.54, 1.807) is 12.1 Å². The highest BCUT2D eigenvalue weighted by molar-refractivity contribution is 9.10. The quantitative estimate of drug-likeness (QED) is 0.908. The molecule has 0 bridgehead atoms. The van der Waals surface area contributed by atoms with Crippen LogP contribution in [0.3, 0.4) is 0 Å². The molecule has 3 nitrogen and oxygen atoms in total. The van der Waals surface area contributed by atoms with Crippen molar-refractivity contribution in [2.45, 2.75) is 0 Å². The van der Waals surface area contributed by atoms with Gasteiger partial charge in [-0.15, -0.1) is 0 Å². The summed E-state index contributed by atoms with van der Waals surface area (Å²) < 4.78 is 14.0. The SMILES string of the molecule is O=C(Nc1cc(Cl)ccc1F)c1ncccc1Br. The number of hydrogen-bond donors (Lipinski definition) is 1. The Balaban J connectivity index is 2.27. The number of rotatable bonds is 2. The molecule has 1 amide bonds. The predicted octanol–water partition coefficient (Wildman–Crippen LogP) is 3.89. The molecular weight excluding hydrogens is 322 g/mol. The van der Waals surface area contributed by atoms with Crippen LogP contribution in [0.15, 0.2) is 41.0 Å². The molecule has 0 spiro atoms. The van der Waals surface area contributed by atoms with Gasteiger partial charge in [-0.2, -0.15) is 0 Å². The standard InChI is InChI=1S/C12H7BrClFN2O/c13-8-2-1-5-16-11(8)12(18)17-10-6-7(14)3-4-9(10)15/h1-6H,(H,17,18). The van der Waals surface area contributed by atoms with Crippen molar-refractivity contribution in [3.8, 4) is 0 Å². The van der Waals surface area contributed by atoms with Crippen LogP contribution in [0.2, 0.25) is 5.02 Å². The number of amides is 1. The van der Waals surface area contributed by atoms with Gasteiger partial charge >= 0.3 is 0 Å². The summed E-state index contributed by atoms with van der Waals surface area (Å²) in [5.41, 5.74) is 0.196. The zero-order chi connectivity index (χ0) is 13.1. The molecule has 0 saturated heterocycles. The van der Waals surface area contributed by atoms with Gasteiger partial charge in [0, 0.05) is 15.7 Å². The van der Waals surface area contributed by atoms with E-state index in [1.807, 2.05) is 0 Å². The van der Waals surface area contributed by atoms with E-state index in [0.717, 1.165) is 0 Å². The normalized spacial score (nSPS) is 10.2. The van der Waals surface area contributed by atoms with Crippen LogP contribution in [0.5, 0.6) is 0 Å². The van der Waals surface area contributed by atoms with E-state index in [9.17, 15) is 9.18 Å². The molecule has 18 heavy (non-hydrogen) atoms. The van der Waals surface area contributed by atoms with E-state index < -0.39 is 11.7 Å². The molecule has 0 fully saturated rings. The number of anilines is 1. The van der Waals surface area contributed by atoms with Gasteiger partial charge in [0.05, 0.1) is 5.69 Å². The van der Waals surface area contributed by atoms with Gasteiger partial charge in [0.2, 0.25) is 0 Å². The summed E-state index contributed by atoms with van der Waals surface area (Å²) in [5, 5.41) is 2.76. The van der Waals surface area contributed by atoms with Crippen LogP contribution in [0.25, 0.3) is 0 Å². The van der Waals surface area contributed by atoms with Crippen molar-refractivity contribution in [3.63, 3.8) is 0 Å². The van der Waals surface area contributed by atoms with Gasteiger partial charge in [-0.05, 0) is 46.3 Å². The van der Waals surface area contributed by atoms with Gasteiger partial charge in [0.15, 0.2) is 0 Å². The summed E-state index contributed by atoms with van der Waals surface area (Å²) in [4.78, 5) is 15.8. The number of aromatic nitrogens is 1. The molecule has 92 valence electrons. The van der Waals surface area contributed by atoms with Crippen LogP contribution in [-0.2, 0) is 0 Å². The Morgan fingerprint density at radius 1 is 1.39 bits per heavy atom. The second-order valence-corrected chi connectivity index (χ2v) is 4.70. The maximum Gasteiger partial charge on any atom is 0.275 e. The van der Waals surface area contributed by atoms with Gasteiger partial charge in [0.25, 0.3) is 5.91 Å². The Morgan fingerprint density at radius 3 is 2.89 bits per heavy atom. The Morgan fingerprint density at radius 2 is 2.17 bits per heavy atom. The highest BCUT2D eigenvalue weighted by Crippen LogP contribution is 2.21. The van der Waals surface area contributed by atoms with E-state index in [-0.39, 0.29) is 11.4 Å². The van der Waals surface area contributed by atoms with Crippen molar-refractivity contribution in [1.82, 2.24) is 4.98 Å². The maximum absolute atomic E-state index is 13.4. The molecular formula is C12H7BrClFN2O. The third kappa shape index (κ3) is 2.86. The average Bonchev–Trinajstić information content (AvgIpc) is 2.34. The largest absolute Gasteiger partial charge is 0.318 e. The van der Waals surface area contributed by atoms with Crippen molar-refractivity contribution in [3.05, 3.63) is 57.5 Å². The molecule has 0 aliphatic rings. The molecule has 0 atom stereocenters. The second-order valence-electron chi connectivity index (χ2n) is 3.41. The number of nitrogens with one attached hydrogen (secondary N) is 1. The van der Waals surface area contributed by atoms with Crippen LogP contribution in [0.1, 0.15) is 10.5 Å². The Bertz CT molecular complexity index is 606. The van der Waals surface area contributed by atoms with Crippen molar-refractivity contribution >= 4 is 39.1 Å². The molecule has 1 N–H and O–H groups in total. The zero-order valence-electron chi connectivity index (χ0n) is 8.95. The summed E-state index contributed by atoms with van der Waals surface area (Å²) in [5.74, 6) is -1.07. The van der Waals surface area contributed by atoms with Gasteiger partial charge in [0.1, 0.15) is 11.5 Å². The smallest absolute Gasteiger partial charge is 0.275 e. The number of nitrogens with zero attached hydrogens (tertiary/aromatic N) is 1. The fraction of sp³-hybridized carbons (Fsp3) is 0. The summed E-state index contributed by atoms with van der Waals surface area (Å²) in [6, 6.07) is 7.29. The topological polar surface area (TPSA) is 42.0 Å². The minimum atomic E-state index is -0.556. The van der Waals surface area contributed by atoms with Crippen LogP contribution < -0.4 is 5.32 Å². The first-order chi connectivity index (χ1) is 8.58. The highest BCUT2D eigenvalue weighted by atomic mass is 79.9. The lowest BCUT2D eigenvalue weighted by Crippen LogP contribution is -2.15. The van der Waals surface area contributed by atoms with E-state index in [2.05, 4.69) is 26.2 Å². The molecule has 6 heteroatoms. The van der Waals surface area contributed by atoms with Crippen molar-refractivity contribution in [2.75, 3.05) is 5.32 Å². The summed E-state index contributed by atoms with van der Waals surface area (Å²) in [6.07, 6.45) is 1.48. The van der Waals surface area contributed by atoms with E-state index in [1.165, 1.54) is 24.4 Å². The number of carbonyl (C=O) groups excluding carboxylic acids is 1. The summed E-state index contributed by atoms with van der Waals surface area (Å²) in [7, 11) is 0. The van der Waals surface area contributed by atoms with Crippen molar-refractivity contribution < 1.29 is 9.18 Å². The molecule has 0 aliphatic heterocycles. The Labute approximate surface area is 116 Å². The monoisotopic (exact) mass is 328 g/mol. The number of carbonyl (C=O) groups is 1. The lowest BCUT2D eigenvalue weighted by Gasteiger charge is -2.07. The van der Waals surface area contributed by atoms with Crippen LogP contribution >= 0.6 is 27.5 Å². The second kappa shape index (κ2) is 5.46. The predicted molar refractivity (Wildman–Crippen MR) is 71.3 cm³/mol. The average molecular weight is 330 g/mol. The molecule has 1 heterocycles.